The molecule has 2 nitrogen and oxygen atoms in total. The number of hydrogen-bond acceptors (Lipinski definition) is 2. The van der Waals surface area contributed by atoms with E-state index in [-0.39, 0.29) is 5.75 Å². The summed E-state index contributed by atoms with van der Waals surface area (Å²) in [7, 11) is 1.23. The highest BCUT2D eigenvalue weighted by atomic mass is 19.1. The predicted molar refractivity (Wildman–Crippen MR) is 62.7 cm³/mol. The van der Waals surface area contributed by atoms with Crippen LogP contribution in [0.1, 0.15) is 0 Å². The molecular formula is C13H9F4NO. The summed E-state index contributed by atoms with van der Waals surface area (Å²) in [5.41, 5.74) is 3.53. The van der Waals surface area contributed by atoms with Gasteiger partial charge in [-0.15, -0.1) is 0 Å². The van der Waals surface area contributed by atoms with Gasteiger partial charge in [-0.05, 0) is 6.07 Å². The molecule has 0 fully saturated rings. The molecule has 0 bridgehead atoms. The van der Waals surface area contributed by atoms with Gasteiger partial charge in [-0.25, -0.2) is 17.6 Å². The van der Waals surface area contributed by atoms with Crippen LogP contribution in [0.3, 0.4) is 0 Å². The van der Waals surface area contributed by atoms with Crippen LogP contribution >= 0.6 is 0 Å². The summed E-state index contributed by atoms with van der Waals surface area (Å²) in [6.07, 6.45) is 0. The van der Waals surface area contributed by atoms with Gasteiger partial charge in [0, 0.05) is 23.8 Å². The van der Waals surface area contributed by atoms with Crippen LogP contribution in [0.25, 0.3) is 11.1 Å². The molecule has 100 valence electrons. The van der Waals surface area contributed by atoms with Crippen molar-refractivity contribution in [3.05, 3.63) is 47.5 Å². The van der Waals surface area contributed by atoms with E-state index in [9.17, 15) is 17.6 Å². The van der Waals surface area contributed by atoms with Gasteiger partial charge in [0.1, 0.15) is 29.0 Å². The number of anilines is 1. The number of methoxy groups -OCH3 is 1. The minimum absolute atomic E-state index is 0.0601. The molecule has 2 rings (SSSR count). The van der Waals surface area contributed by atoms with Crippen molar-refractivity contribution < 1.29 is 22.3 Å². The average molecular weight is 271 g/mol. The van der Waals surface area contributed by atoms with Crippen molar-refractivity contribution in [2.75, 3.05) is 12.8 Å². The van der Waals surface area contributed by atoms with Gasteiger partial charge in [0.2, 0.25) is 0 Å². The molecule has 0 heterocycles. The van der Waals surface area contributed by atoms with Crippen LogP contribution in [0, 0.1) is 23.3 Å². The smallest absolute Gasteiger partial charge is 0.146 e. The van der Waals surface area contributed by atoms with Gasteiger partial charge in [-0.1, -0.05) is 0 Å². The highest BCUT2D eigenvalue weighted by molar-refractivity contribution is 5.68. The van der Waals surface area contributed by atoms with Crippen LogP contribution in [-0.2, 0) is 0 Å². The molecule has 6 heteroatoms. The van der Waals surface area contributed by atoms with Gasteiger partial charge in [0.15, 0.2) is 0 Å². The lowest BCUT2D eigenvalue weighted by Crippen LogP contribution is -1.99. The van der Waals surface area contributed by atoms with Gasteiger partial charge >= 0.3 is 0 Å². The predicted octanol–water partition coefficient (Wildman–Crippen LogP) is 3.50. The molecule has 2 aromatic carbocycles. The molecule has 0 saturated carbocycles. The first-order valence-corrected chi connectivity index (χ1v) is 5.22. The van der Waals surface area contributed by atoms with Crippen LogP contribution < -0.4 is 10.5 Å². The quantitative estimate of drug-likeness (QED) is 0.670. The average Bonchev–Trinajstić information content (AvgIpc) is 2.34. The Morgan fingerprint density at radius 1 is 0.842 bits per heavy atom. The molecule has 0 aliphatic carbocycles. The number of halogens is 4. The molecule has 0 spiro atoms. The third-order valence-corrected chi connectivity index (χ3v) is 2.61. The van der Waals surface area contributed by atoms with Crippen molar-refractivity contribution in [2.24, 2.45) is 0 Å². The van der Waals surface area contributed by atoms with Crippen LogP contribution in [0.2, 0.25) is 0 Å². The summed E-state index contributed by atoms with van der Waals surface area (Å²) in [5, 5.41) is 0. The maximum absolute atomic E-state index is 13.8. The van der Waals surface area contributed by atoms with Crippen molar-refractivity contribution in [1.82, 2.24) is 0 Å². The first kappa shape index (κ1) is 13.2. The number of nitrogen functional groups attached to an aromatic ring is 1. The van der Waals surface area contributed by atoms with Crippen molar-refractivity contribution in [3.63, 3.8) is 0 Å². The van der Waals surface area contributed by atoms with Gasteiger partial charge < -0.3 is 10.5 Å². The van der Waals surface area contributed by atoms with E-state index >= 15 is 0 Å². The Bertz CT molecular complexity index is 620. The maximum Gasteiger partial charge on any atom is 0.146 e. The van der Waals surface area contributed by atoms with Crippen molar-refractivity contribution in [2.45, 2.75) is 0 Å². The van der Waals surface area contributed by atoms with Crippen molar-refractivity contribution in [3.8, 4) is 16.9 Å². The molecule has 0 radical (unpaired) electrons. The fourth-order valence-corrected chi connectivity index (χ4v) is 1.68. The Morgan fingerprint density at radius 2 is 1.42 bits per heavy atom. The third kappa shape index (κ3) is 2.33. The molecule has 0 atom stereocenters. The molecule has 2 aromatic rings. The largest absolute Gasteiger partial charge is 0.497 e. The first-order valence-electron chi connectivity index (χ1n) is 5.22. The molecule has 0 aliphatic rings. The topological polar surface area (TPSA) is 35.2 Å². The van der Waals surface area contributed by atoms with E-state index in [1.54, 1.807) is 0 Å². The second kappa shape index (κ2) is 4.79. The fourth-order valence-electron chi connectivity index (χ4n) is 1.68. The monoisotopic (exact) mass is 271 g/mol. The van der Waals surface area contributed by atoms with Gasteiger partial charge in [-0.3, -0.25) is 0 Å². The van der Waals surface area contributed by atoms with E-state index in [0.29, 0.717) is 12.1 Å². The van der Waals surface area contributed by atoms with E-state index in [1.807, 2.05) is 0 Å². The first-order chi connectivity index (χ1) is 8.93. The van der Waals surface area contributed by atoms with Crippen LogP contribution in [-0.4, -0.2) is 7.11 Å². The van der Waals surface area contributed by atoms with Crippen molar-refractivity contribution in [1.29, 1.82) is 0 Å². The lowest BCUT2D eigenvalue weighted by atomic mass is 10.0. The Kier molecular flexibility index (Phi) is 3.33. The lowest BCUT2D eigenvalue weighted by Gasteiger charge is -2.10. The molecule has 19 heavy (non-hydrogen) atoms. The second-order valence-corrected chi connectivity index (χ2v) is 3.82. The highest BCUT2D eigenvalue weighted by Crippen LogP contribution is 2.33. The summed E-state index contributed by atoms with van der Waals surface area (Å²) >= 11 is 0. The van der Waals surface area contributed by atoms with Crippen LogP contribution in [0.5, 0.6) is 5.75 Å². The summed E-state index contributed by atoms with van der Waals surface area (Å²) in [6, 6.07) is 3.09. The number of benzene rings is 2. The number of rotatable bonds is 2. The molecule has 0 aromatic heterocycles. The Balaban J connectivity index is 2.69. The van der Waals surface area contributed by atoms with E-state index in [1.165, 1.54) is 7.11 Å². The van der Waals surface area contributed by atoms with Crippen LogP contribution in [0.4, 0.5) is 23.2 Å². The minimum atomic E-state index is -1.06. The molecular weight excluding hydrogens is 262 g/mol. The van der Waals surface area contributed by atoms with E-state index in [0.717, 1.165) is 12.1 Å². The van der Waals surface area contributed by atoms with Gasteiger partial charge in [0.25, 0.3) is 0 Å². The number of hydrogen-bond donors (Lipinski definition) is 1. The summed E-state index contributed by atoms with van der Waals surface area (Å²) in [6.45, 7) is 0. The zero-order valence-corrected chi connectivity index (χ0v) is 9.81. The molecule has 2 N–H and O–H groups in total. The Morgan fingerprint density at radius 3 is 1.95 bits per heavy atom. The van der Waals surface area contributed by atoms with Gasteiger partial charge in [-0.2, -0.15) is 0 Å². The number of ether oxygens (including phenoxy) is 1. The van der Waals surface area contributed by atoms with E-state index in [2.05, 4.69) is 4.74 Å². The van der Waals surface area contributed by atoms with E-state index in [4.69, 9.17) is 5.73 Å². The SMILES string of the molecule is COc1cc(F)c(-c2cc(F)c(N)cc2F)c(F)c1. The van der Waals surface area contributed by atoms with Gasteiger partial charge in [0.05, 0.1) is 18.4 Å². The molecule has 0 aliphatic heterocycles. The Labute approximate surface area is 106 Å². The second-order valence-electron chi connectivity index (χ2n) is 3.82. The lowest BCUT2D eigenvalue weighted by molar-refractivity contribution is 0.407. The minimum Gasteiger partial charge on any atom is -0.497 e. The van der Waals surface area contributed by atoms with Crippen LogP contribution in [0.15, 0.2) is 24.3 Å². The van der Waals surface area contributed by atoms with Crippen molar-refractivity contribution >= 4 is 5.69 Å². The maximum atomic E-state index is 13.8. The summed E-state index contributed by atoms with van der Waals surface area (Å²) in [4.78, 5) is 0. The molecule has 0 unspecified atom stereocenters. The standard InChI is InChI=1S/C13H9F4NO/c1-19-6-2-10(16)13(11(17)3-6)7-4-9(15)12(18)5-8(7)14/h2-5H,18H2,1H3. The zero-order chi connectivity index (χ0) is 14.2. The third-order valence-electron chi connectivity index (χ3n) is 2.61. The molecule has 0 amide bonds. The summed E-state index contributed by atoms with van der Waals surface area (Å²) < 4.78 is 59.1. The fraction of sp³-hybridized carbons (Fsp3) is 0.0769. The normalized spacial score (nSPS) is 10.6. The molecule has 0 saturated heterocycles. The summed E-state index contributed by atoms with van der Waals surface area (Å²) in [5.74, 6) is -4.14. The Hall–Kier alpha value is -2.24. The van der Waals surface area contributed by atoms with E-state index < -0.39 is 40.1 Å². The highest BCUT2D eigenvalue weighted by Gasteiger charge is 2.19. The number of nitrogens with two attached hydrogens (primary N) is 1. The zero-order valence-electron chi connectivity index (χ0n) is 9.81.